The normalized spacial score (nSPS) is 19.2. The van der Waals surface area contributed by atoms with Crippen molar-refractivity contribution in [2.75, 3.05) is 11.9 Å². The van der Waals surface area contributed by atoms with Gasteiger partial charge in [0.25, 0.3) is 0 Å². The molecule has 1 aromatic heterocycles. The molecule has 0 radical (unpaired) electrons. The molecule has 1 unspecified atom stereocenters. The van der Waals surface area contributed by atoms with Crippen LogP contribution in [0.5, 0.6) is 0 Å². The molecule has 0 aliphatic carbocycles. The molecule has 110 valence electrons. The Hall–Kier alpha value is -1.85. The minimum absolute atomic E-state index is 0.0245. The predicted octanol–water partition coefficient (Wildman–Crippen LogP) is 1.69. The molecule has 1 fully saturated rings. The van der Waals surface area contributed by atoms with Crippen molar-refractivity contribution in [1.29, 1.82) is 0 Å². The number of anilines is 1. The predicted molar refractivity (Wildman–Crippen MR) is 76.1 cm³/mol. The molecule has 6 heteroatoms. The molecule has 1 aliphatic rings. The Morgan fingerprint density at radius 1 is 1.45 bits per heavy atom. The Kier molecular flexibility index (Phi) is 3.83. The van der Waals surface area contributed by atoms with Crippen molar-refractivity contribution in [3.63, 3.8) is 0 Å². The van der Waals surface area contributed by atoms with Crippen LogP contribution >= 0.6 is 0 Å². The molecule has 1 aliphatic heterocycles. The van der Waals surface area contributed by atoms with Crippen LogP contribution in [0.4, 0.5) is 5.82 Å². The van der Waals surface area contributed by atoms with E-state index in [-0.39, 0.29) is 17.9 Å². The van der Waals surface area contributed by atoms with Crippen molar-refractivity contribution in [3.05, 3.63) is 11.8 Å². The smallest absolute Gasteiger partial charge is 0.248 e. The summed E-state index contributed by atoms with van der Waals surface area (Å²) in [5.74, 6) is 0.481. The van der Waals surface area contributed by atoms with Crippen molar-refractivity contribution in [2.45, 2.75) is 46.6 Å². The fraction of sp³-hybridized carbons (Fsp3) is 0.643. The molecule has 2 N–H and O–H groups in total. The van der Waals surface area contributed by atoms with E-state index in [4.69, 9.17) is 0 Å². The quantitative estimate of drug-likeness (QED) is 0.864. The third kappa shape index (κ3) is 2.84. The van der Waals surface area contributed by atoms with E-state index in [1.54, 1.807) is 11.1 Å². The van der Waals surface area contributed by atoms with Crippen LogP contribution in [0.1, 0.15) is 39.2 Å². The molecule has 2 rings (SSSR count). The first-order chi connectivity index (χ1) is 9.30. The van der Waals surface area contributed by atoms with E-state index in [0.717, 1.165) is 12.0 Å². The number of H-pyrrole nitrogens is 1. The van der Waals surface area contributed by atoms with E-state index in [1.165, 1.54) is 0 Å². The first-order valence-electron chi connectivity index (χ1n) is 6.92. The molecule has 1 aromatic rings. The summed E-state index contributed by atoms with van der Waals surface area (Å²) in [5, 5.41) is 9.44. The number of hydrogen-bond donors (Lipinski definition) is 2. The van der Waals surface area contributed by atoms with Gasteiger partial charge in [0.05, 0.1) is 6.20 Å². The van der Waals surface area contributed by atoms with Gasteiger partial charge in [-0.05, 0) is 19.8 Å². The molecule has 1 saturated heterocycles. The molecule has 0 aromatic carbocycles. The lowest BCUT2D eigenvalue weighted by atomic mass is 9.94. The summed E-state index contributed by atoms with van der Waals surface area (Å²) in [4.78, 5) is 26.4. The zero-order valence-corrected chi connectivity index (χ0v) is 12.5. The number of nitrogens with one attached hydrogen (secondary N) is 2. The molecule has 0 saturated carbocycles. The van der Waals surface area contributed by atoms with E-state index in [0.29, 0.717) is 18.8 Å². The number of aromatic amines is 1. The second kappa shape index (κ2) is 5.26. The van der Waals surface area contributed by atoms with Crippen molar-refractivity contribution >= 4 is 17.6 Å². The van der Waals surface area contributed by atoms with Gasteiger partial charge in [0, 0.05) is 17.5 Å². The molecule has 1 atom stereocenters. The van der Waals surface area contributed by atoms with Crippen LogP contribution in [0.3, 0.4) is 0 Å². The maximum absolute atomic E-state index is 12.4. The minimum atomic E-state index is -0.466. The number of rotatable bonds is 2. The topological polar surface area (TPSA) is 78.1 Å². The number of amides is 2. The number of likely N-dealkylation sites (tertiary alicyclic amines) is 1. The number of hydrogen-bond acceptors (Lipinski definition) is 3. The zero-order valence-electron chi connectivity index (χ0n) is 12.5. The zero-order chi connectivity index (χ0) is 14.9. The summed E-state index contributed by atoms with van der Waals surface area (Å²) in [7, 11) is 0. The van der Waals surface area contributed by atoms with Gasteiger partial charge in [-0.25, -0.2) is 0 Å². The number of aryl methyl sites for hydroxylation is 1. The van der Waals surface area contributed by atoms with Gasteiger partial charge in [-0.1, -0.05) is 20.8 Å². The van der Waals surface area contributed by atoms with E-state index in [9.17, 15) is 9.59 Å². The van der Waals surface area contributed by atoms with Gasteiger partial charge in [0.2, 0.25) is 11.8 Å². The van der Waals surface area contributed by atoms with Crippen LogP contribution < -0.4 is 5.32 Å². The molecule has 0 bridgehead atoms. The number of aromatic nitrogens is 2. The third-order valence-corrected chi connectivity index (χ3v) is 3.53. The van der Waals surface area contributed by atoms with Gasteiger partial charge in [-0.2, -0.15) is 5.10 Å². The summed E-state index contributed by atoms with van der Waals surface area (Å²) in [6.45, 7) is 8.15. The molecule has 6 nitrogen and oxygen atoms in total. The molecule has 2 amide bonds. The van der Waals surface area contributed by atoms with Crippen LogP contribution in [0.2, 0.25) is 0 Å². The first-order valence-corrected chi connectivity index (χ1v) is 6.92. The highest BCUT2D eigenvalue weighted by Crippen LogP contribution is 2.26. The summed E-state index contributed by atoms with van der Waals surface area (Å²) < 4.78 is 0. The minimum Gasteiger partial charge on any atom is -0.330 e. The van der Waals surface area contributed by atoms with Crippen molar-refractivity contribution in [2.24, 2.45) is 5.41 Å². The van der Waals surface area contributed by atoms with Gasteiger partial charge in [0.1, 0.15) is 11.9 Å². The number of carbonyl (C=O) groups is 2. The third-order valence-electron chi connectivity index (χ3n) is 3.53. The van der Waals surface area contributed by atoms with Gasteiger partial charge < -0.3 is 10.2 Å². The van der Waals surface area contributed by atoms with Crippen LogP contribution in [-0.2, 0) is 9.59 Å². The van der Waals surface area contributed by atoms with Gasteiger partial charge in [-0.3, -0.25) is 14.7 Å². The van der Waals surface area contributed by atoms with Crippen molar-refractivity contribution in [1.82, 2.24) is 15.1 Å². The highest BCUT2D eigenvalue weighted by atomic mass is 16.2. The van der Waals surface area contributed by atoms with Crippen LogP contribution in [0.25, 0.3) is 0 Å². The summed E-state index contributed by atoms with van der Waals surface area (Å²) >= 11 is 0. The van der Waals surface area contributed by atoms with Gasteiger partial charge >= 0.3 is 0 Å². The Balaban J connectivity index is 2.09. The fourth-order valence-corrected chi connectivity index (χ4v) is 2.39. The Morgan fingerprint density at radius 2 is 2.15 bits per heavy atom. The van der Waals surface area contributed by atoms with Crippen LogP contribution in [0, 0.1) is 12.3 Å². The van der Waals surface area contributed by atoms with E-state index in [2.05, 4.69) is 15.5 Å². The maximum Gasteiger partial charge on any atom is 0.248 e. The van der Waals surface area contributed by atoms with E-state index >= 15 is 0 Å². The standard InChI is InChI=1S/C14H22N4O2/c1-9-8-15-17-11(9)16-12(19)10-6-5-7-18(10)13(20)14(2,3)4/h8,10H,5-7H2,1-4H3,(H2,15,16,17,19). The average Bonchev–Trinajstić information content (AvgIpc) is 2.96. The molecule has 2 heterocycles. The van der Waals surface area contributed by atoms with E-state index < -0.39 is 5.41 Å². The number of nitrogens with zero attached hydrogens (tertiary/aromatic N) is 2. The average molecular weight is 278 g/mol. The lowest BCUT2D eigenvalue weighted by Crippen LogP contribution is -2.47. The van der Waals surface area contributed by atoms with Crippen molar-refractivity contribution < 1.29 is 9.59 Å². The monoisotopic (exact) mass is 278 g/mol. The summed E-state index contributed by atoms with van der Waals surface area (Å²) in [5.41, 5.74) is 0.414. The van der Waals surface area contributed by atoms with E-state index in [1.807, 2.05) is 27.7 Å². The van der Waals surface area contributed by atoms with Crippen LogP contribution in [0.15, 0.2) is 6.20 Å². The largest absolute Gasteiger partial charge is 0.330 e. The summed E-state index contributed by atoms with van der Waals surface area (Å²) in [6, 6.07) is -0.385. The summed E-state index contributed by atoms with van der Waals surface area (Å²) in [6.07, 6.45) is 3.23. The Bertz CT molecular complexity index is 515. The maximum atomic E-state index is 12.4. The second-order valence-electron chi connectivity index (χ2n) is 6.32. The molecule has 20 heavy (non-hydrogen) atoms. The lowest BCUT2D eigenvalue weighted by Gasteiger charge is -2.30. The molecular formula is C14H22N4O2. The number of carbonyl (C=O) groups excluding carboxylic acids is 2. The molecule has 0 spiro atoms. The fourth-order valence-electron chi connectivity index (χ4n) is 2.39. The Labute approximate surface area is 118 Å². The SMILES string of the molecule is Cc1cn[nH]c1NC(=O)C1CCCN1C(=O)C(C)(C)C. The van der Waals surface area contributed by atoms with Gasteiger partial charge in [-0.15, -0.1) is 0 Å². The first kappa shape index (κ1) is 14.6. The highest BCUT2D eigenvalue weighted by molar-refractivity contribution is 5.97. The highest BCUT2D eigenvalue weighted by Gasteiger charge is 2.38. The van der Waals surface area contributed by atoms with Crippen LogP contribution in [-0.4, -0.2) is 39.5 Å². The Morgan fingerprint density at radius 3 is 2.70 bits per heavy atom. The molecular weight excluding hydrogens is 256 g/mol. The van der Waals surface area contributed by atoms with Gasteiger partial charge in [0.15, 0.2) is 0 Å². The lowest BCUT2D eigenvalue weighted by molar-refractivity contribution is -0.143. The second-order valence-corrected chi connectivity index (χ2v) is 6.32. The van der Waals surface area contributed by atoms with Crippen molar-refractivity contribution in [3.8, 4) is 0 Å².